The average Bonchev–Trinajstić information content (AvgIpc) is 3.21. The van der Waals surface area contributed by atoms with Crippen LogP contribution in [0.1, 0.15) is 18.4 Å². The van der Waals surface area contributed by atoms with Crippen LogP contribution in [-0.4, -0.2) is 24.6 Å². The van der Waals surface area contributed by atoms with E-state index in [2.05, 4.69) is 10.1 Å². The van der Waals surface area contributed by atoms with Gasteiger partial charge in [0.05, 0.1) is 5.75 Å². The number of thioether (sulfide) groups is 1. The van der Waals surface area contributed by atoms with Crippen LogP contribution in [0.25, 0.3) is 0 Å². The lowest BCUT2D eigenvalue weighted by Gasteiger charge is -2.09. The maximum Gasteiger partial charge on any atom is 0.573 e. The van der Waals surface area contributed by atoms with E-state index in [0.29, 0.717) is 17.4 Å². The summed E-state index contributed by atoms with van der Waals surface area (Å²) in [4.78, 5) is 11.5. The lowest BCUT2D eigenvalue weighted by Crippen LogP contribution is -2.27. The summed E-state index contributed by atoms with van der Waals surface area (Å²) in [5, 5.41) is 2.86. The van der Waals surface area contributed by atoms with Crippen molar-refractivity contribution in [3.63, 3.8) is 0 Å². The molecule has 2 rings (SSSR count). The SMILES string of the molecule is O=C(CSCc1ccc(OC(F)(F)F)cc1)NCC1CC1. The number of ether oxygens (including phenoxy) is 1. The number of halogens is 3. The van der Waals surface area contributed by atoms with Crippen molar-refractivity contribution < 1.29 is 22.7 Å². The van der Waals surface area contributed by atoms with Crippen LogP contribution in [0.2, 0.25) is 0 Å². The number of rotatable bonds is 7. The summed E-state index contributed by atoms with van der Waals surface area (Å²) >= 11 is 1.43. The van der Waals surface area contributed by atoms with Crippen molar-refractivity contribution >= 4 is 17.7 Å². The second kappa shape index (κ2) is 7.06. The quantitative estimate of drug-likeness (QED) is 0.837. The fraction of sp³-hybridized carbons (Fsp3) is 0.500. The summed E-state index contributed by atoms with van der Waals surface area (Å²) < 4.78 is 39.8. The van der Waals surface area contributed by atoms with Gasteiger partial charge in [-0.3, -0.25) is 4.79 Å². The summed E-state index contributed by atoms with van der Waals surface area (Å²) in [5.41, 5.74) is 0.851. The average molecular weight is 319 g/mol. The first-order chi connectivity index (χ1) is 9.92. The first-order valence-corrected chi connectivity index (χ1v) is 7.77. The van der Waals surface area contributed by atoms with Crippen molar-refractivity contribution in [2.75, 3.05) is 12.3 Å². The molecule has 1 amide bonds. The number of amides is 1. The van der Waals surface area contributed by atoms with Gasteiger partial charge >= 0.3 is 6.36 Å². The molecule has 0 unspecified atom stereocenters. The molecule has 0 aromatic heterocycles. The number of hydrogen-bond donors (Lipinski definition) is 1. The third kappa shape index (κ3) is 6.75. The molecule has 1 aliphatic carbocycles. The first kappa shape index (κ1) is 16.0. The number of carbonyl (C=O) groups excluding carboxylic acids is 1. The van der Waals surface area contributed by atoms with Gasteiger partial charge in [0.1, 0.15) is 5.75 Å². The summed E-state index contributed by atoms with van der Waals surface area (Å²) in [6.45, 7) is 0.753. The molecule has 0 radical (unpaired) electrons. The van der Waals surface area contributed by atoms with Crippen LogP contribution in [0.15, 0.2) is 24.3 Å². The third-order valence-corrected chi connectivity index (χ3v) is 3.95. The molecule has 0 spiro atoms. The minimum absolute atomic E-state index is 0.00363. The Labute approximate surface area is 125 Å². The van der Waals surface area contributed by atoms with Gasteiger partial charge in [-0.15, -0.1) is 24.9 Å². The van der Waals surface area contributed by atoms with E-state index in [1.165, 1.54) is 36.7 Å². The zero-order valence-corrected chi connectivity index (χ0v) is 12.1. The van der Waals surface area contributed by atoms with Crippen LogP contribution in [0.3, 0.4) is 0 Å². The Bertz CT molecular complexity index is 472. The lowest BCUT2D eigenvalue weighted by atomic mass is 10.2. The molecule has 1 aliphatic rings. The zero-order valence-electron chi connectivity index (χ0n) is 11.3. The number of benzene rings is 1. The van der Waals surface area contributed by atoms with Crippen molar-refractivity contribution in [2.24, 2.45) is 5.92 Å². The Kier molecular flexibility index (Phi) is 5.39. The van der Waals surface area contributed by atoms with Gasteiger partial charge in [0.15, 0.2) is 0 Å². The largest absolute Gasteiger partial charge is 0.573 e. The van der Waals surface area contributed by atoms with Crippen molar-refractivity contribution in [3.8, 4) is 5.75 Å². The number of hydrogen-bond acceptors (Lipinski definition) is 3. The van der Waals surface area contributed by atoms with E-state index in [-0.39, 0.29) is 11.7 Å². The van der Waals surface area contributed by atoms with Crippen molar-refractivity contribution in [1.29, 1.82) is 0 Å². The summed E-state index contributed by atoms with van der Waals surface area (Å²) in [6, 6.07) is 5.68. The van der Waals surface area contributed by atoms with E-state index >= 15 is 0 Å². The monoisotopic (exact) mass is 319 g/mol. The second-order valence-corrected chi connectivity index (χ2v) is 5.92. The van der Waals surface area contributed by atoms with Crippen molar-refractivity contribution in [1.82, 2.24) is 5.32 Å². The highest BCUT2D eigenvalue weighted by molar-refractivity contribution is 7.99. The molecule has 116 valence electrons. The molecule has 21 heavy (non-hydrogen) atoms. The van der Waals surface area contributed by atoms with Crippen LogP contribution < -0.4 is 10.1 Å². The highest BCUT2D eigenvalue weighted by Gasteiger charge is 2.30. The Morgan fingerprint density at radius 3 is 2.52 bits per heavy atom. The van der Waals surface area contributed by atoms with Crippen LogP contribution in [0, 0.1) is 5.92 Å². The molecule has 0 aliphatic heterocycles. The minimum atomic E-state index is -4.67. The molecule has 1 aromatic rings. The van der Waals surface area contributed by atoms with Crippen LogP contribution in [-0.2, 0) is 10.5 Å². The maximum atomic E-state index is 12.0. The molecule has 1 saturated carbocycles. The minimum Gasteiger partial charge on any atom is -0.406 e. The van der Waals surface area contributed by atoms with Crippen molar-refractivity contribution in [3.05, 3.63) is 29.8 Å². The van der Waals surface area contributed by atoms with Crippen LogP contribution in [0.5, 0.6) is 5.75 Å². The highest BCUT2D eigenvalue weighted by Crippen LogP contribution is 2.27. The van der Waals surface area contributed by atoms with Gasteiger partial charge in [0.25, 0.3) is 0 Å². The van der Waals surface area contributed by atoms with Gasteiger partial charge in [-0.05, 0) is 36.5 Å². The fourth-order valence-corrected chi connectivity index (χ4v) is 2.50. The Balaban J connectivity index is 1.66. The van der Waals surface area contributed by atoms with Gasteiger partial charge in [0, 0.05) is 12.3 Å². The summed E-state index contributed by atoms with van der Waals surface area (Å²) in [5.74, 6) is 1.35. The molecule has 1 fully saturated rings. The Morgan fingerprint density at radius 2 is 1.95 bits per heavy atom. The summed E-state index contributed by atoms with van der Waals surface area (Å²) in [6.07, 6.45) is -2.28. The second-order valence-electron chi connectivity index (χ2n) is 4.93. The molecule has 3 nitrogen and oxygen atoms in total. The lowest BCUT2D eigenvalue weighted by molar-refractivity contribution is -0.274. The Hall–Kier alpha value is -1.37. The zero-order chi connectivity index (χ0) is 15.3. The van der Waals surface area contributed by atoms with E-state index < -0.39 is 6.36 Å². The summed E-state index contributed by atoms with van der Waals surface area (Å²) in [7, 11) is 0. The fourth-order valence-electron chi connectivity index (χ4n) is 1.68. The van der Waals surface area contributed by atoms with Crippen LogP contribution >= 0.6 is 11.8 Å². The maximum absolute atomic E-state index is 12.0. The van der Waals surface area contributed by atoms with E-state index in [4.69, 9.17) is 0 Å². The molecule has 1 aromatic carbocycles. The van der Waals surface area contributed by atoms with Gasteiger partial charge in [-0.25, -0.2) is 0 Å². The molecule has 7 heteroatoms. The number of carbonyl (C=O) groups is 1. The van der Waals surface area contributed by atoms with E-state index in [1.54, 1.807) is 12.1 Å². The van der Waals surface area contributed by atoms with Gasteiger partial charge in [0.2, 0.25) is 5.91 Å². The smallest absolute Gasteiger partial charge is 0.406 e. The highest BCUT2D eigenvalue weighted by atomic mass is 32.2. The third-order valence-electron chi connectivity index (χ3n) is 2.94. The molecular weight excluding hydrogens is 303 g/mol. The topological polar surface area (TPSA) is 38.3 Å². The molecule has 1 N–H and O–H groups in total. The normalized spacial score (nSPS) is 14.8. The van der Waals surface area contributed by atoms with Gasteiger partial charge in [-0.1, -0.05) is 12.1 Å². The first-order valence-electron chi connectivity index (χ1n) is 6.61. The molecule has 0 heterocycles. The van der Waals surface area contributed by atoms with Gasteiger partial charge < -0.3 is 10.1 Å². The van der Waals surface area contributed by atoms with E-state index in [1.807, 2.05) is 0 Å². The Morgan fingerprint density at radius 1 is 1.29 bits per heavy atom. The molecular formula is C14H16F3NO2S. The predicted octanol–water partition coefficient (Wildman–Crippen LogP) is 3.34. The predicted molar refractivity (Wildman–Crippen MR) is 75.0 cm³/mol. The van der Waals surface area contributed by atoms with Crippen molar-refractivity contribution in [2.45, 2.75) is 25.0 Å². The number of nitrogens with one attached hydrogen (secondary N) is 1. The van der Waals surface area contributed by atoms with Gasteiger partial charge in [-0.2, -0.15) is 0 Å². The molecule has 0 saturated heterocycles. The van der Waals surface area contributed by atoms with E-state index in [9.17, 15) is 18.0 Å². The van der Waals surface area contributed by atoms with Crippen LogP contribution in [0.4, 0.5) is 13.2 Å². The number of alkyl halides is 3. The molecule has 0 bridgehead atoms. The molecule has 0 atom stereocenters. The standard InChI is InChI=1S/C14H16F3NO2S/c15-14(16,17)20-12-5-3-11(4-6-12)8-21-9-13(19)18-7-10-1-2-10/h3-6,10H,1-2,7-9H2,(H,18,19). The van der Waals surface area contributed by atoms with E-state index in [0.717, 1.165) is 12.1 Å².